The van der Waals surface area contributed by atoms with Gasteiger partial charge in [0, 0.05) is 6.04 Å². The number of unbranched alkanes of at least 4 members (excludes halogenated alkanes) is 3. The molecule has 0 radical (unpaired) electrons. The summed E-state index contributed by atoms with van der Waals surface area (Å²) in [7, 11) is 0. The Kier molecular flexibility index (Phi) is 10.0. The summed E-state index contributed by atoms with van der Waals surface area (Å²) in [6.45, 7) is 4.46. The summed E-state index contributed by atoms with van der Waals surface area (Å²) in [5, 5.41) is 0. The van der Waals surface area contributed by atoms with E-state index < -0.39 is 0 Å². The van der Waals surface area contributed by atoms with E-state index in [1.807, 2.05) is 0 Å². The third-order valence-electron chi connectivity index (χ3n) is 2.61. The van der Waals surface area contributed by atoms with Crippen molar-refractivity contribution in [3.8, 4) is 0 Å². The molecule has 1 heteroatoms. The Hall–Kier alpha value is -0.0400. The first-order chi connectivity index (χ1) is 6.31. The summed E-state index contributed by atoms with van der Waals surface area (Å²) in [4.78, 5) is 0. The highest BCUT2D eigenvalue weighted by atomic mass is 14.6. The van der Waals surface area contributed by atoms with Crippen molar-refractivity contribution in [1.29, 1.82) is 0 Å². The van der Waals surface area contributed by atoms with Gasteiger partial charge in [-0.15, -0.1) is 0 Å². The van der Waals surface area contributed by atoms with Gasteiger partial charge in [0.15, 0.2) is 0 Å². The lowest BCUT2D eigenvalue weighted by Crippen LogP contribution is -2.22. The van der Waals surface area contributed by atoms with Gasteiger partial charge in [-0.3, -0.25) is 0 Å². The monoisotopic (exact) mass is 185 g/mol. The van der Waals surface area contributed by atoms with Gasteiger partial charge < -0.3 is 5.73 Å². The van der Waals surface area contributed by atoms with Crippen LogP contribution in [-0.4, -0.2) is 6.04 Å². The van der Waals surface area contributed by atoms with Crippen LogP contribution in [0, 0.1) is 0 Å². The predicted octanol–water partition coefficient (Wildman–Crippen LogP) is 3.86. The number of hydrogen-bond donors (Lipinski definition) is 1. The molecule has 1 saturated carbocycles. The predicted molar refractivity (Wildman–Crippen MR) is 60.9 cm³/mol. The van der Waals surface area contributed by atoms with Crippen molar-refractivity contribution in [3.05, 3.63) is 0 Å². The highest BCUT2D eigenvalue weighted by Crippen LogP contribution is 2.14. The van der Waals surface area contributed by atoms with Crippen LogP contribution in [-0.2, 0) is 0 Å². The maximum absolute atomic E-state index is 5.63. The highest BCUT2D eigenvalue weighted by Gasteiger charge is 2.06. The summed E-state index contributed by atoms with van der Waals surface area (Å²) in [6.07, 6.45) is 12.2. The molecule has 0 saturated heterocycles. The molecule has 0 unspecified atom stereocenters. The lowest BCUT2D eigenvalue weighted by atomic mass is 9.97. The molecule has 0 spiro atoms. The summed E-state index contributed by atoms with van der Waals surface area (Å²) < 4.78 is 0. The minimum atomic E-state index is 0.536. The van der Waals surface area contributed by atoms with Gasteiger partial charge in [0.05, 0.1) is 0 Å². The zero-order valence-corrected chi connectivity index (χ0v) is 9.52. The van der Waals surface area contributed by atoms with E-state index in [-0.39, 0.29) is 0 Å². The molecule has 1 nitrogen and oxygen atoms in total. The van der Waals surface area contributed by atoms with Crippen LogP contribution in [0.4, 0.5) is 0 Å². The molecule has 1 fully saturated rings. The lowest BCUT2D eigenvalue weighted by molar-refractivity contribution is 0.441. The van der Waals surface area contributed by atoms with E-state index in [9.17, 15) is 0 Å². The molecule has 1 aliphatic rings. The molecular formula is C12H27N. The smallest absolute Gasteiger partial charge is 0.00388 e. The van der Waals surface area contributed by atoms with Gasteiger partial charge >= 0.3 is 0 Å². The second kappa shape index (κ2) is 10.0. The third-order valence-corrected chi connectivity index (χ3v) is 2.61. The van der Waals surface area contributed by atoms with Gasteiger partial charge in [-0.25, -0.2) is 0 Å². The van der Waals surface area contributed by atoms with Crippen molar-refractivity contribution >= 4 is 0 Å². The van der Waals surface area contributed by atoms with Gasteiger partial charge in [-0.1, -0.05) is 58.8 Å². The molecule has 0 heterocycles. The second-order valence-electron chi connectivity index (χ2n) is 4.11. The Labute approximate surface area is 84.1 Å². The van der Waals surface area contributed by atoms with Crippen LogP contribution >= 0.6 is 0 Å². The van der Waals surface area contributed by atoms with Gasteiger partial charge in [-0.2, -0.15) is 0 Å². The molecule has 80 valence electrons. The molecule has 0 aromatic carbocycles. The van der Waals surface area contributed by atoms with Crippen LogP contribution in [0.3, 0.4) is 0 Å². The molecule has 0 bridgehead atoms. The van der Waals surface area contributed by atoms with Crippen LogP contribution in [0.1, 0.15) is 71.6 Å². The molecule has 0 aromatic heterocycles. The summed E-state index contributed by atoms with van der Waals surface area (Å²) in [5.74, 6) is 0. The summed E-state index contributed by atoms with van der Waals surface area (Å²) in [5.41, 5.74) is 5.63. The largest absolute Gasteiger partial charge is 0.328 e. The molecule has 1 rings (SSSR count). The first-order valence-electron chi connectivity index (χ1n) is 6.06. The minimum Gasteiger partial charge on any atom is -0.328 e. The molecule has 0 atom stereocenters. The fourth-order valence-corrected chi connectivity index (χ4v) is 1.63. The number of rotatable bonds is 3. The average molecular weight is 185 g/mol. The van der Waals surface area contributed by atoms with E-state index in [4.69, 9.17) is 5.73 Å². The quantitative estimate of drug-likeness (QED) is 0.664. The van der Waals surface area contributed by atoms with E-state index in [2.05, 4.69) is 13.8 Å². The summed E-state index contributed by atoms with van der Waals surface area (Å²) in [6, 6.07) is 0.536. The number of hydrogen-bond acceptors (Lipinski definition) is 1. The Morgan fingerprint density at radius 2 is 1.38 bits per heavy atom. The maximum Gasteiger partial charge on any atom is 0.00388 e. The van der Waals surface area contributed by atoms with Crippen LogP contribution in [0.25, 0.3) is 0 Å². The van der Waals surface area contributed by atoms with Crippen LogP contribution in [0.15, 0.2) is 0 Å². The minimum absolute atomic E-state index is 0.536. The lowest BCUT2D eigenvalue weighted by Gasteiger charge is -2.15. The Balaban J connectivity index is 0.000000226. The second-order valence-corrected chi connectivity index (χ2v) is 4.11. The first-order valence-corrected chi connectivity index (χ1v) is 6.06. The standard InChI is InChI=1S/C6H13N.C6H14/c7-6-4-2-1-3-5-6;1-3-5-6-4-2/h6H,1-5,7H2;3-6H2,1-2H3. The highest BCUT2D eigenvalue weighted by molar-refractivity contribution is 4.66. The molecule has 0 amide bonds. The zero-order valence-electron chi connectivity index (χ0n) is 9.52. The van der Waals surface area contributed by atoms with Crippen molar-refractivity contribution in [2.45, 2.75) is 77.7 Å². The normalized spacial score (nSPS) is 17.8. The SMILES string of the molecule is CCCCCC.NC1CCCCC1. The molecule has 2 N–H and O–H groups in total. The van der Waals surface area contributed by atoms with Gasteiger partial charge in [0.1, 0.15) is 0 Å². The van der Waals surface area contributed by atoms with E-state index in [0.717, 1.165) is 0 Å². The molecule has 0 aliphatic heterocycles. The maximum atomic E-state index is 5.63. The van der Waals surface area contributed by atoms with E-state index in [1.54, 1.807) is 0 Å². The average Bonchev–Trinajstić information content (AvgIpc) is 2.17. The first kappa shape index (κ1) is 13.0. The van der Waals surface area contributed by atoms with Gasteiger partial charge in [0.2, 0.25) is 0 Å². The van der Waals surface area contributed by atoms with Crippen LogP contribution in [0.5, 0.6) is 0 Å². The fraction of sp³-hybridized carbons (Fsp3) is 1.00. The van der Waals surface area contributed by atoms with Crippen LogP contribution < -0.4 is 5.73 Å². The van der Waals surface area contributed by atoms with Crippen molar-refractivity contribution in [2.24, 2.45) is 5.73 Å². The Morgan fingerprint density at radius 3 is 1.62 bits per heavy atom. The van der Waals surface area contributed by atoms with Crippen molar-refractivity contribution in [3.63, 3.8) is 0 Å². The fourth-order valence-electron chi connectivity index (χ4n) is 1.63. The van der Waals surface area contributed by atoms with Gasteiger partial charge in [-0.05, 0) is 12.8 Å². The zero-order chi connectivity index (χ0) is 9.94. The Bertz CT molecular complexity index is 81.1. The summed E-state index contributed by atoms with van der Waals surface area (Å²) >= 11 is 0. The van der Waals surface area contributed by atoms with Crippen molar-refractivity contribution in [2.75, 3.05) is 0 Å². The van der Waals surface area contributed by atoms with E-state index in [0.29, 0.717) is 6.04 Å². The topological polar surface area (TPSA) is 26.0 Å². The van der Waals surface area contributed by atoms with E-state index >= 15 is 0 Å². The molecule has 13 heavy (non-hydrogen) atoms. The molecule has 1 aliphatic carbocycles. The van der Waals surface area contributed by atoms with Crippen molar-refractivity contribution < 1.29 is 0 Å². The molecule has 0 aromatic rings. The van der Waals surface area contributed by atoms with Crippen molar-refractivity contribution in [1.82, 2.24) is 0 Å². The Morgan fingerprint density at radius 1 is 0.923 bits per heavy atom. The third kappa shape index (κ3) is 9.88. The van der Waals surface area contributed by atoms with Gasteiger partial charge in [0.25, 0.3) is 0 Å². The van der Waals surface area contributed by atoms with E-state index in [1.165, 1.54) is 57.8 Å². The number of nitrogens with two attached hydrogens (primary N) is 1. The molecular weight excluding hydrogens is 158 g/mol. The van der Waals surface area contributed by atoms with Crippen LogP contribution in [0.2, 0.25) is 0 Å².